The van der Waals surface area contributed by atoms with Crippen molar-refractivity contribution in [1.29, 1.82) is 0 Å². The predicted molar refractivity (Wildman–Crippen MR) is 71.0 cm³/mol. The van der Waals surface area contributed by atoms with Crippen LogP contribution in [0.3, 0.4) is 0 Å². The number of hydrazone groups is 1. The maximum Gasteiger partial charge on any atom is 0.344 e. The van der Waals surface area contributed by atoms with E-state index in [0.29, 0.717) is 11.3 Å². The molecule has 1 aromatic rings. The van der Waals surface area contributed by atoms with Crippen LogP contribution in [0, 0.1) is 0 Å². The van der Waals surface area contributed by atoms with Crippen LogP contribution in [0.15, 0.2) is 23.3 Å². The average molecular weight is 281 g/mol. The first-order chi connectivity index (χ1) is 9.45. The molecule has 1 aromatic carbocycles. The monoisotopic (exact) mass is 281 g/mol. The molecule has 1 atom stereocenters. The second-order valence-electron chi connectivity index (χ2n) is 3.71. The Kier molecular flexibility index (Phi) is 5.33. The Morgan fingerprint density at radius 1 is 1.50 bits per heavy atom. The highest BCUT2D eigenvalue weighted by molar-refractivity contribution is 5.86. The number of amides is 2. The number of aliphatic carboxylic acids is 1. The van der Waals surface area contributed by atoms with Gasteiger partial charge < -0.3 is 20.3 Å². The van der Waals surface area contributed by atoms with Crippen LogP contribution in [0.1, 0.15) is 12.5 Å². The van der Waals surface area contributed by atoms with Crippen molar-refractivity contribution >= 4 is 18.2 Å². The summed E-state index contributed by atoms with van der Waals surface area (Å²) < 4.78 is 10.4. The molecule has 20 heavy (non-hydrogen) atoms. The molecular formula is C12H15N3O5. The van der Waals surface area contributed by atoms with Crippen LogP contribution in [0.2, 0.25) is 0 Å². The topological polar surface area (TPSA) is 123 Å². The summed E-state index contributed by atoms with van der Waals surface area (Å²) >= 11 is 0. The highest BCUT2D eigenvalue weighted by Gasteiger charge is 2.17. The zero-order valence-electron chi connectivity index (χ0n) is 11.0. The van der Waals surface area contributed by atoms with E-state index >= 15 is 0 Å². The molecule has 108 valence electrons. The Bertz CT molecular complexity index is 530. The first-order valence-corrected chi connectivity index (χ1v) is 5.60. The summed E-state index contributed by atoms with van der Waals surface area (Å²) in [5, 5.41) is 12.5. The van der Waals surface area contributed by atoms with E-state index in [-0.39, 0.29) is 5.75 Å². The second kappa shape index (κ2) is 6.98. The normalized spacial score (nSPS) is 11.9. The van der Waals surface area contributed by atoms with Gasteiger partial charge in [-0.15, -0.1) is 0 Å². The zero-order chi connectivity index (χ0) is 15.1. The third-order valence-corrected chi connectivity index (χ3v) is 2.25. The molecule has 0 unspecified atom stereocenters. The van der Waals surface area contributed by atoms with E-state index in [9.17, 15) is 9.59 Å². The molecule has 4 N–H and O–H groups in total. The highest BCUT2D eigenvalue weighted by atomic mass is 16.5. The van der Waals surface area contributed by atoms with Crippen LogP contribution in [-0.2, 0) is 4.79 Å². The van der Waals surface area contributed by atoms with Crippen LogP contribution in [0.4, 0.5) is 4.79 Å². The van der Waals surface area contributed by atoms with E-state index in [4.69, 9.17) is 20.3 Å². The number of nitrogens with one attached hydrogen (secondary N) is 1. The predicted octanol–water partition coefficient (Wildman–Crippen LogP) is 0.549. The number of carboxylic acid groups (broad SMARTS) is 1. The summed E-state index contributed by atoms with van der Waals surface area (Å²) in [5.41, 5.74) is 7.34. The van der Waals surface area contributed by atoms with Crippen LogP contribution in [0.5, 0.6) is 11.5 Å². The lowest BCUT2D eigenvalue weighted by Crippen LogP contribution is -2.25. The molecule has 0 saturated carbocycles. The number of carboxylic acids is 1. The van der Waals surface area contributed by atoms with Crippen molar-refractivity contribution in [2.45, 2.75) is 13.0 Å². The summed E-state index contributed by atoms with van der Waals surface area (Å²) in [6.07, 6.45) is 0.208. The number of hydrogen-bond acceptors (Lipinski definition) is 5. The minimum absolute atomic E-state index is 0.208. The van der Waals surface area contributed by atoms with Crippen LogP contribution < -0.4 is 20.6 Å². The molecule has 0 aliphatic rings. The van der Waals surface area contributed by atoms with Gasteiger partial charge in [-0.1, -0.05) is 6.07 Å². The molecule has 0 aromatic heterocycles. The first-order valence-electron chi connectivity index (χ1n) is 5.60. The van der Waals surface area contributed by atoms with E-state index < -0.39 is 18.1 Å². The van der Waals surface area contributed by atoms with Crippen molar-refractivity contribution in [3.05, 3.63) is 23.8 Å². The smallest absolute Gasteiger partial charge is 0.344 e. The minimum Gasteiger partial charge on any atom is -0.493 e. The molecule has 0 aliphatic carbocycles. The number of para-hydroxylation sites is 1. The van der Waals surface area contributed by atoms with Crippen molar-refractivity contribution in [2.75, 3.05) is 7.11 Å². The van der Waals surface area contributed by atoms with Crippen LogP contribution >= 0.6 is 0 Å². The fourth-order valence-corrected chi connectivity index (χ4v) is 1.31. The Labute approximate surface area is 115 Å². The number of hydrogen-bond donors (Lipinski definition) is 3. The van der Waals surface area contributed by atoms with Gasteiger partial charge in [0, 0.05) is 5.56 Å². The number of primary amides is 1. The molecular weight excluding hydrogens is 266 g/mol. The van der Waals surface area contributed by atoms with E-state index in [0.717, 1.165) is 0 Å². The lowest BCUT2D eigenvalue weighted by molar-refractivity contribution is -0.144. The summed E-state index contributed by atoms with van der Waals surface area (Å²) in [5.74, 6) is -0.560. The minimum atomic E-state index is -1.12. The van der Waals surface area contributed by atoms with Crippen molar-refractivity contribution in [3.8, 4) is 11.5 Å². The first kappa shape index (κ1) is 15.3. The number of carbonyl (C=O) groups is 2. The van der Waals surface area contributed by atoms with Gasteiger partial charge in [-0.25, -0.2) is 15.0 Å². The summed E-state index contributed by atoms with van der Waals surface area (Å²) in [6.45, 7) is 1.39. The largest absolute Gasteiger partial charge is 0.493 e. The van der Waals surface area contributed by atoms with E-state index in [1.807, 2.05) is 5.43 Å². The van der Waals surface area contributed by atoms with Gasteiger partial charge in [0.25, 0.3) is 0 Å². The van der Waals surface area contributed by atoms with E-state index in [1.54, 1.807) is 18.2 Å². The molecule has 0 heterocycles. The number of benzene rings is 1. The fraction of sp³-hybridized carbons (Fsp3) is 0.250. The molecule has 0 saturated heterocycles. The molecule has 0 bridgehead atoms. The molecule has 0 spiro atoms. The summed E-state index contributed by atoms with van der Waals surface area (Å²) in [6, 6.07) is 4.09. The van der Waals surface area contributed by atoms with Gasteiger partial charge >= 0.3 is 12.0 Å². The van der Waals surface area contributed by atoms with Gasteiger partial charge in [-0.2, -0.15) is 5.10 Å². The lowest BCUT2D eigenvalue weighted by Gasteiger charge is -2.15. The van der Waals surface area contributed by atoms with E-state index in [2.05, 4.69) is 5.10 Å². The van der Waals surface area contributed by atoms with Gasteiger partial charge in [0.1, 0.15) is 0 Å². The quantitative estimate of drug-likeness (QED) is 0.519. The number of methoxy groups -OCH3 is 1. The fourth-order valence-electron chi connectivity index (χ4n) is 1.31. The molecule has 0 aliphatic heterocycles. The van der Waals surface area contributed by atoms with Crippen molar-refractivity contribution in [1.82, 2.24) is 5.43 Å². The molecule has 0 radical (unpaired) electrons. The summed E-state index contributed by atoms with van der Waals surface area (Å²) in [7, 11) is 1.43. The van der Waals surface area contributed by atoms with Gasteiger partial charge in [0.15, 0.2) is 17.6 Å². The van der Waals surface area contributed by atoms with Gasteiger partial charge in [0.2, 0.25) is 0 Å². The Morgan fingerprint density at radius 2 is 2.20 bits per heavy atom. The van der Waals surface area contributed by atoms with Gasteiger partial charge in [0.05, 0.1) is 13.3 Å². The number of rotatable bonds is 6. The Hall–Kier alpha value is -2.77. The zero-order valence-corrected chi connectivity index (χ0v) is 11.0. The van der Waals surface area contributed by atoms with Crippen molar-refractivity contribution < 1.29 is 24.2 Å². The average Bonchev–Trinajstić information content (AvgIpc) is 2.39. The van der Waals surface area contributed by atoms with Gasteiger partial charge in [-0.05, 0) is 19.1 Å². The molecule has 2 amide bonds. The number of carbonyl (C=O) groups excluding carboxylic acids is 1. The standard InChI is InChI=1S/C12H15N3O5/c1-7(11(16)17)20-10-8(6-14-15-12(13)18)4-3-5-9(10)19-2/h3-7H,1-2H3,(H,16,17)(H3,13,15,18)/b14-6-/t7-/m1/s1. The SMILES string of the molecule is COc1cccc(/C=N\NC(N)=O)c1O[C@H](C)C(=O)O. The van der Waals surface area contributed by atoms with Crippen molar-refractivity contribution in [3.63, 3.8) is 0 Å². The number of urea groups is 1. The van der Waals surface area contributed by atoms with Crippen molar-refractivity contribution in [2.24, 2.45) is 10.8 Å². The third-order valence-electron chi connectivity index (χ3n) is 2.25. The molecule has 8 heteroatoms. The van der Waals surface area contributed by atoms with E-state index in [1.165, 1.54) is 20.2 Å². The molecule has 1 rings (SSSR count). The number of nitrogens with two attached hydrogens (primary N) is 1. The maximum atomic E-state index is 10.8. The molecule has 0 fully saturated rings. The Morgan fingerprint density at radius 3 is 2.75 bits per heavy atom. The van der Waals surface area contributed by atoms with Gasteiger partial charge in [-0.3, -0.25) is 0 Å². The maximum absolute atomic E-state index is 10.8. The lowest BCUT2D eigenvalue weighted by atomic mass is 10.2. The van der Waals surface area contributed by atoms with Crippen LogP contribution in [-0.4, -0.2) is 36.5 Å². The summed E-state index contributed by atoms with van der Waals surface area (Å²) in [4.78, 5) is 21.4. The highest BCUT2D eigenvalue weighted by Crippen LogP contribution is 2.30. The third kappa shape index (κ3) is 4.16. The Balaban J connectivity index is 3.06. The number of ether oxygens (including phenoxy) is 2. The van der Waals surface area contributed by atoms with Crippen LogP contribution in [0.25, 0.3) is 0 Å². The molecule has 8 nitrogen and oxygen atoms in total. The second-order valence-corrected chi connectivity index (χ2v) is 3.71. The number of nitrogens with zero attached hydrogens (tertiary/aromatic N) is 1.